The van der Waals surface area contributed by atoms with E-state index in [1.165, 1.54) is 18.2 Å². The summed E-state index contributed by atoms with van der Waals surface area (Å²) in [5.41, 5.74) is 0.886. The Labute approximate surface area is 124 Å². The average Bonchev–Trinajstić information content (AvgIpc) is 2.45. The van der Waals surface area contributed by atoms with Crippen molar-refractivity contribution in [2.75, 3.05) is 6.54 Å². The SMILES string of the molecule is CCC(CC)C(O)CNC(=O)c1ccc([N+](=O)[O-])cc1C. The molecule has 6 heteroatoms. The van der Waals surface area contributed by atoms with Crippen LogP contribution in [0.15, 0.2) is 18.2 Å². The van der Waals surface area contributed by atoms with Crippen molar-refractivity contribution in [3.05, 3.63) is 39.4 Å². The second-order valence-corrected chi connectivity index (χ2v) is 5.11. The van der Waals surface area contributed by atoms with Gasteiger partial charge in [0.25, 0.3) is 11.6 Å². The number of carbonyl (C=O) groups excluding carboxylic acids is 1. The van der Waals surface area contributed by atoms with Crippen LogP contribution >= 0.6 is 0 Å². The van der Waals surface area contributed by atoms with Crippen LogP contribution in [-0.2, 0) is 0 Å². The first kappa shape index (κ1) is 17.1. The maximum absolute atomic E-state index is 12.1. The van der Waals surface area contributed by atoms with Crippen molar-refractivity contribution in [2.45, 2.75) is 39.7 Å². The number of rotatable bonds is 7. The maximum atomic E-state index is 12.1. The van der Waals surface area contributed by atoms with Crippen molar-refractivity contribution in [1.29, 1.82) is 0 Å². The molecule has 0 aliphatic carbocycles. The fraction of sp³-hybridized carbons (Fsp3) is 0.533. The Kier molecular flexibility index (Phi) is 6.30. The minimum atomic E-state index is -0.581. The Balaban J connectivity index is 2.70. The molecule has 0 saturated carbocycles. The first-order valence-corrected chi connectivity index (χ1v) is 7.11. The lowest BCUT2D eigenvalue weighted by Gasteiger charge is -2.20. The first-order valence-electron chi connectivity index (χ1n) is 7.11. The number of benzene rings is 1. The predicted molar refractivity (Wildman–Crippen MR) is 80.2 cm³/mol. The average molecular weight is 294 g/mol. The number of hydrogen-bond acceptors (Lipinski definition) is 4. The van der Waals surface area contributed by atoms with E-state index in [0.717, 1.165) is 12.8 Å². The number of non-ortho nitro benzene ring substituents is 1. The van der Waals surface area contributed by atoms with E-state index in [9.17, 15) is 20.0 Å². The van der Waals surface area contributed by atoms with Crippen molar-refractivity contribution in [1.82, 2.24) is 5.32 Å². The molecule has 0 aliphatic heterocycles. The maximum Gasteiger partial charge on any atom is 0.269 e. The Morgan fingerprint density at radius 3 is 2.48 bits per heavy atom. The van der Waals surface area contributed by atoms with Gasteiger partial charge in [-0.15, -0.1) is 0 Å². The van der Waals surface area contributed by atoms with E-state index in [1.807, 2.05) is 13.8 Å². The van der Waals surface area contributed by atoms with Crippen LogP contribution in [0.4, 0.5) is 5.69 Å². The first-order chi connectivity index (χ1) is 9.90. The van der Waals surface area contributed by atoms with Gasteiger partial charge in [-0.1, -0.05) is 26.7 Å². The molecule has 21 heavy (non-hydrogen) atoms. The molecule has 0 bridgehead atoms. The van der Waals surface area contributed by atoms with Crippen molar-refractivity contribution in [3.63, 3.8) is 0 Å². The Morgan fingerprint density at radius 2 is 2.00 bits per heavy atom. The summed E-state index contributed by atoms with van der Waals surface area (Å²) in [6, 6.07) is 4.11. The lowest BCUT2D eigenvalue weighted by Crippen LogP contribution is -2.36. The second-order valence-electron chi connectivity index (χ2n) is 5.11. The van der Waals surface area contributed by atoms with E-state index in [4.69, 9.17) is 0 Å². The highest BCUT2D eigenvalue weighted by Crippen LogP contribution is 2.17. The Hall–Kier alpha value is -1.95. The minimum absolute atomic E-state index is 0.0406. The fourth-order valence-electron chi connectivity index (χ4n) is 2.31. The third-order valence-corrected chi connectivity index (χ3v) is 3.73. The van der Waals surface area contributed by atoms with Gasteiger partial charge in [0.2, 0.25) is 0 Å². The summed E-state index contributed by atoms with van der Waals surface area (Å²) in [7, 11) is 0. The summed E-state index contributed by atoms with van der Waals surface area (Å²) in [5, 5.41) is 23.3. The standard InChI is InChI=1S/C15H22N2O4/c1-4-11(5-2)14(18)9-16-15(19)13-7-6-12(17(20)21)8-10(13)3/h6-8,11,14,18H,4-5,9H2,1-3H3,(H,16,19). The Morgan fingerprint density at radius 1 is 1.38 bits per heavy atom. The number of amides is 1. The van der Waals surface area contributed by atoms with Gasteiger partial charge in [0.15, 0.2) is 0 Å². The summed E-state index contributed by atoms with van der Waals surface area (Å²) in [4.78, 5) is 22.2. The summed E-state index contributed by atoms with van der Waals surface area (Å²) < 4.78 is 0. The molecule has 0 heterocycles. The van der Waals surface area contributed by atoms with Crippen LogP contribution in [0, 0.1) is 23.0 Å². The molecule has 6 nitrogen and oxygen atoms in total. The van der Waals surface area contributed by atoms with E-state index in [2.05, 4.69) is 5.32 Å². The van der Waals surface area contributed by atoms with Crippen LogP contribution in [0.5, 0.6) is 0 Å². The van der Waals surface area contributed by atoms with Crippen LogP contribution in [0.25, 0.3) is 0 Å². The summed E-state index contributed by atoms with van der Waals surface area (Å²) in [5.74, 6) is -0.171. The van der Waals surface area contributed by atoms with Crippen molar-refractivity contribution in [3.8, 4) is 0 Å². The topological polar surface area (TPSA) is 92.5 Å². The van der Waals surface area contributed by atoms with Gasteiger partial charge in [-0.2, -0.15) is 0 Å². The largest absolute Gasteiger partial charge is 0.391 e. The van der Waals surface area contributed by atoms with E-state index < -0.39 is 11.0 Å². The quantitative estimate of drug-likeness (QED) is 0.596. The molecule has 0 fully saturated rings. The molecule has 1 amide bonds. The van der Waals surface area contributed by atoms with Gasteiger partial charge >= 0.3 is 0 Å². The van der Waals surface area contributed by atoms with E-state index in [1.54, 1.807) is 6.92 Å². The highest BCUT2D eigenvalue weighted by atomic mass is 16.6. The number of nitro benzene ring substituents is 1. The van der Waals surface area contributed by atoms with Crippen LogP contribution in [0.3, 0.4) is 0 Å². The molecular formula is C15H22N2O4. The van der Waals surface area contributed by atoms with Gasteiger partial charge in [-0.3, -0.25) is 14.9 Å². The molecule has 2 N–H and O–H groups in total. The van der Waals surface area contributed by atoms with Crippen LogP contribution in [-0.4, -0.2) is 28.6 Å². The third kappa shape index (κ3) is 4.53. The van der Waals surface area contributed by atoms with Gasteiger partial charge in [0.1, 0.15) is 0 Å². The molecule has 0 aliphatic rings. The highest BCUT2D eigenvalue weighted by Gasteiger charge is 2.18. The number of nitro groups is 1. The molecule has 0 saturated heterocycles. The van der Waals surface area contributed by atoms with Crippen LogP contribution in [0.2, 0.25) is 0 Å². The molecule has 1 unspecified atom stereocenters. The number of aryl methyl sites for hydroxylation is 1. The second kappa shape index (κ2) is 7.73. The summed E-state index contributed by atoms with van der Waals surface area (Å²) >= 11 is 0. The van der Waals surface area contributed by atoms with Gasteiger partial charge in [-0.25, -0.2) is 0 Å². The fourth-order valence-corrected chi connectivity index (χ4v) is 2.31. The number of carbonyl (C=O) groups is 1. The van der Waals surface area contributed by atoms with Gasteiger partial charge in [-0.05, 0) is 24.5 Å². The normalized spacial score (nSPS) is 12.2. The monoisotopic (exact) mass is 294 g/mol. The number of nitrogens with one attached hydrogen (secondary N) is 1. The van der Waals surface area contributed by atoms with Gasteiger partial charge < -0.3 is 10.4 Å². The van der Waals surface area contributed by atoms with E-state index >= 15 is 0 Å². The molecule has 1 aromatic carbocycles. The zero-order valence-corrected chi connectivity index (χ0v) is 12.6. The summed E-state index contributed by atoms with van der Waals surface area (Å²) in [6.07, 6.45) is 1.12. The zero-order valence-electron chi connectivity index (χ0n) is 12.6. The van der Waals surface area contributed by atoms with Crippen molar-refractivity contribution < 1.29 is 14.8 Å². The van der Waals surface area contributed by atoms with E-state index in [0.29, 0.717) is 11.1 Å². The van der Waals surface area contributed by atoms with Gasteiger partial charge in [0.05, 0.1) is 11.0 Å². The van der Waals surface area contributed by atoms with Crippen molar-refractivity contribution in [2.24, 2.45) is 5.92 Å². The lowest BCUT2D eigenvalue weighted by molar-refractivity contribution is -0.384. The van der Waals surface area contributed by atoms with Crippen LogP contribution < -0.4 is 5.32 Å². The van der Waals surface area contributed by atoms with Crippen molar-refractivity contribution >= 4 is 11.6 Å². The molecule has 0 spiro atoms. The minimum Gasteiger partial charge on any atom is -0.391 e. The zero-order chi connectivity index (χ0) is 16.0. The number of aliphatic hydroxyl groups is 1. The molecule has 1 aromatic rings. The predicted octanol–water partition coefficient (Wildman–Crippen LogP) is 2.43. The number of nitrogens with zero attached hydrogens (tertiary/aromatic N) is 1. The molecule has 0 aromatic heterocycles. The highest BCUT2D eigenvalue weighted by molar-refractivity contribution is 5.95. The Bertz CT molecular complexity index is 512. The third-order valence-electron chi connectivity index (χ3n) is 3.73. The number of hydrogen-bond donors (Lipinski definition) is 2. The smallest absolute Gasteiger partial charge is 0.269 e. The number of aliphatic hydroxyl groups excluding tert-OH is 1. The van der Waals surface area contributed by atoms with Crippen LogP contribution in [0.1, 0.15) is 42.6 Å². The van der Waals surface area contributed by atoms with E-state index in [-0.39, 0.29) is 24.1 Å². The molecular weight excluding hydrogens is 272 g/mol. The molecule has 1 rings (SSSR count). The molecule has 116 valence electrons. The molecule has 1 atom stereocenters. The molecule has 0 radical (unpaired) electrons. The lowest BCUT2D eigenvalue weighted by atomic mass is 9.96. The van der Waals surface area contributed by atoms with Gasteiger partial charge in [0, 0.05) is 24.2 Å². The summed E-state index contributed by atoms with van der Waals surface area (Å²) in [6.45, 7) is 5.83.